The molecule has 0 fully saturated rings. The van der Waals surface area contributed by atoms with Crippen LogP contribution in [0.5, 0.6) is 0 Å². The molecule has 2 aromatic heterocycles. The Hall–Kier alpha value is -2.30. The van der Waals surface area contributed by atoms with Gasteiger partial charge in [0.05, 0.1) is 6.21 Å². The fraction of sp³-hybridized carbons (Fsp3) is 0.0526. The molecule has 2 aromatic carbocycles. The van der Waals surface area contributed by atoms with Crippen LogP contribution in [0.3, 0.4) is 0 Å². The highest BCUT2D eigenvalue weighted by atomic mass is 32.1. The second kappa shape index (κ2) is 6.44. The quantitative estimate of drug-likeness (QED) is 0.335. The van der Waals surface area contributed by atoms with E-state index in [4.69, 9.17) is 0 Å². The summed E-state index contributed by atoms with van der Waals surface area (Å²) in [4.78, 5) is 0. The molecular formula is C19H14N2S2. The zero-order chi connectivity index (χ0) is 15.5. The molecule has 0 aliphatic rings. The Balaban J connectivity index is 1.47. The number of thiophene rings is 2. The van der Waals surface area contributed by atoms with Crippen LogP contribution in [0.2, 0.25) is 0 Å². The molecule has 23 heavy (non-hydrogen) atoms. The molecule has 0 radical (unpaired) electrons. The van der Waals surface area contributed by atoms with E-state index in [1.165, 1.54) is 25.7 Å². The third-order valence-corrected chi connectivity index (χ3v) is 5.72. The lowest BCUT2D eigenvalue weighted by Gasteiger charge is -1.92. The van der Waals surface area contributed by atoms with Crippen molar-refractivity contribution < 1.29 is 0 Å². The van der Waals surface area contributed by atoms with E-state index in [-0.39, 0.29) is 0 Å². The van der Waals surface area contributed by atoms with Crippen molar-refractivity contribution in [1.29, 1.82) is 0 Å². The lowest BCUT2D eigenvalue weighted by atomic mass is 10.1. The Bertz CT molecular complexity index is 1010. The Kier molecular flexibility index (Phi) is 4.01. The van der Waals surface area contributed by atoms with Crippen molar-refractivity contribution in [2.45, 2.75) is 6.42 Å². The first-order valence-electron chi connectivity index (χ1n) is 7.38. The standard InChI is InChI=1S/C19H14N2S2/c1-3-7-18-16(5-1)14(12-22-18)9-10-20-21-11-15-13-23-19-8-4-2-6-17(15)19/h1-8,10-13H,9H2/b20-10+,21-11+. The second-order valence-electron chi connectivity index (χ2n) is 5.19. The van der Waals surface area contributed by atoms with Gasteiger partial charge in [0.2, 0.25) is 0 Å². The summed E-state index contributed by atoms with van der Waals surface area (Å²) in [5.41, 5.74) is 2.44. The number of rotatable bonds is 4. The maximum Gasteiger partial charge on any atom is 0.0582 e. The van der Waals surface area contributed by atoms with Gasteiger partial charge in [0.1, 0.15) is 0 Å². The van der Waals surface area contributed by atoms with Crippen LogP contribution in [-0.4, -0.2) is 12.4 Å². The Morgan fingerprint density at radius 3 is 2.35 bits per heavy atom. The van der Waals surface area contributed by atoms with Crippen molar-refractivity contribution in [3.05, 3.63) is 70.4 Å². The van der Waals surface area contributed by atoms with Gasteiger partial charge in [-0.05, 0) is 28.5 Å². The van der Waals surface area contributed by atoms with Crippen LogP contribution in [0.15, 0.2) is 69.5 Å². The number of hydrogen-bond donors (Lipinski definition) is 0. The van der Waals surface area contributed by atoms with Crippen molar-refractivity contribution in [3.8, 4) is 0 Å². The Labute approximate surface area is 142 Å². The van der Waals surface area contributed by atoms with E-state index in [2.05, 4.69) is 69.5 Å². The second-order valence-corrected chi connectivity index (χ2v) is 7.01. The van der Waals surface area contributed by atoms with Gasteiger partial charge in [0, 0.05) is 38.4 Å². The minimum atomic E-state index is 0.811. The van der Waals surface area contributed by atoms with E-state index in [0.717, 1.165) is 12.0 Å². The van der Waals surface area contributed by atoms with Crippen molar-refractivity contribution >= 4 is 55.3 Å². The van der Waals surface area contributed by atoms with Gasteiger partial charge in [-0.1, -0.05) is 36.4 Å². The Morgan fingerprint density at radius 2 is 1.48 bits per heavy atom. The molecule has 4 heteroatoms. The molecule has 0 bridgehead atoms. The van der Waals surface area contributed by atoms with E-state index in [9.17, 15) is 0 Å². The molecule has 0 N–H and O–H groups in total. The van der Waals surface area contributed by atoms with Gasteiger partial charge in [-0.3, -0.25) is 0 Å². The molecule has 0 aliphatic carbocycles. The van der Waals surface area contributed by atoms with Crippen LogP contribution in [0.4, 0.5) is 0 Å². The van der Waals surface area contributed by atoms with E-state index < -0.39 is 0 Å². The van der Waals surface area contributed by atoms with E-state index in [0.29, 0.717) is 0 Å². The molecule has 4 rings (SSSR count). The first kappa shape index (κ1) is 14.3. The lowest BCUT2D eigenvalue weighted by molar-refractivity contribution is 1.24. The molecule has 112 valence electrons. The molecule has 2 nitrogen and oxygen atoms in total. The van der Waals surface area contributed by atoms with Gasteiger partial charge in [-0.15, -0.1) is 22.7 Å². The molecule has 0 spiro atoms. The first-order chi connectivity index (χ1) is 11.4. The summed E-state index contributed by atoms with van der Waals surface area (Å²) in [6, 6.07) is 16.8. The molecule has 4 aromatic rings. The lowest BCUT2D eigenvalue weighted by Crippen LogP contribution is -1.83. The summed E-state index contributed by atoms with van der Waals surface area (Å²) in [5.74, 6) is 0. The van der Waals surface area contributed by atoms with Crippen molar-refractivity contribution in [2.75, 3.05) is 0 Å². The maximum absolute atomic E-state index is 4.20. The molecule has 0 saturated carbocycles. The van der Waals surface area contributed by atoms with Gasteiger partial charge in [0.15, 0.2) is 0 Å². The van der Waals surface area contributed by atoms with Crippen LogP contribution in [0.1, 0.15) is 11.1 Å². The third-order valence-electron chi connectivity index (χ3n) is 3.73. The van der Waals surface area contributed by atoms with Gasteiger partial charge < -0.3 is 0 Å². The Morgan fingerprint density at radius 1 is 0.783 bits per heavy atom. The van der Waals surface area contributed by atoms with Crippen molar-refractivity contribution in [2.24, 2.45) is 10.2 Å². The zero-order valence-electron chi connectivity index (χ0n) is 12.3. The summed E-state index contributed by atoms with van der Waals surface area (Å²) in [6.07, 6.45) is 4.52. The monoisotopic (exact) mass is 334 g/mol. The average Bonchev–Trinajstić information content (AvgIpc) is 3.19. The molecule has 2 heterocycles. The molecular weight excluding hydrogens is 320 g/mol. The summed E-state index contributed by atoms with van der Waals surface area (Å²) in [5, 5.41) is 15.3. The third kappa shape index (κ3) is 2.96. The summed E-state index contributed by atoms with van der Waals surface area (Å²) >= 11 is 3.51. The van der Waals surface area contributed by atoms with Crippen molar-refractivity contribution in [1.82, 2.24) is 0 Å². The normalized spacial score (nSPS) is 12.2. The fourth-order valence-electron chi connectivity index (χ4n) is 2.57. The minimum Gasteiger partial charge on any atom is -0.163 e. The molecule has 0 unspecified atom stereocenters. The number of fused-ring (bicyclic) bond motifs is 2. The van der Waals surface area contributed by atoms with Crippen LogP contribution in [0.25, 0.3) is 20.2 Å². The number of nitrogens with zero attached hydrogens (tertiary/aromatic N) is 2. The first-order valence-corrected chi connectivity index (χ1v) is 9.14. The SMILES string of the molecule is C(/Cc1csc2ccccc12)=N\N=C\c1csc2ccccc12. The van der Waals surface area contributed by atoms with E-state index in [1.807, 2.05) is 12.4 Å². The molecule has 0 aliphatic heterocycles. The topological polar surface area (TPSA) is 24.7 Å². The van der Waals surface area contributed by atoms with Crippen LogP contribution >= 0.6 is 22.7 Å². The van der Waals surface area contributed by atoms with Gasteiger partial charge >= 0.3 is 0 Å². The predicted molar refractivity (Wildman–Crippen MR) is 103 cm³/mol. The molecule has 0 saturated heterocycles. The maximum atomic E-state index is 4.20. The van der Waals surface area contributed by atoms with Crippen LogP contribution in [-0.2, 0) is 6.42 Å². The highest BCUT2D eigenvalue weighted by molar-refractivity contribution is 7.17. The number of benzene rings is 2. The minimum absolute atomic E-state index is 0.811. The highest BCUT2D eigenvalue weighted by Crippen LogP contribution is 2.26. The average molecular weight is 334 g/mol. The van der Waals surface area contributed by atoms with E-state index >= 15 is 0 Å². The highest BCUT2D eigenvalue weighted by Gasteiger charge is 2.01. The summed E-state index contributed by atoms with van der Waals surface area (Å²) in [6.45, 7) is 0. The fourth-order valence-corrected chi connectivity index (χ4v) is 4.46. The molecule has 0 atom stereocenters. The van der Waals surface area contributed by atoms with E-state index in [1.54, 1.807) is 22.7 Å². The summed E-state index contributed by atoms with van der Waals surface area (Å²) in [7, 11) is 0. The molecule has 0 amide bonds. The van der Waals surface area contributed by atoms with Gasteiger partial charge in [0.25, 0.3) is 0 Å². The zero-order valence-corrected chi connectivity index (χ0v) is 14.0. The summed E-state index contributed by atoms with van der Waals surface area (Å²) < 4.78 is 2.60. The van der Waals surface area contributed by atoms with Crippen molar-refractivity contribution in [3.63, 3.8) is 0 Å². The smallest absolute Gasteiger partial charge is 0.0582 e. The van der Waals surface area contributed by atoms with Gasteiger partial charge in [-0.25, -0.2) is 0 Å². The van der Waals surface area contributed by atoms with Crippen LogP contribution < -0.4 is 0 Å². The van der Waals surface area contributed by atoms with Gasteiger partial charge in [-0.2, -0.15) is 10.2 Å². The van der Waals surface area contributed by atoms with Crippen LogP contribution in [0, 0.1) is 0 Å². The largest absolute Gasteiger partial charge is 0.163 e. The number of hydrogen-bond acceptors (Lipinski definition) is 4. The predicted octanol–water partition coefficient (Wildman–Crippen LogP) is 5.76.